The maximum Gasteiger partial charge on any atom is 0.387 e. The Balaban J connectivity index is 2.36. The van der Waals surface area contributed by atoms with Crippen LogP contribution in [0.5, 0.6) is 5.75 Å². The zero-order valence-corrected chi connectivity index (χ0v) is 12.4. The molecule has 0 aliphatic carbocycles. The third-order valence-electron chi connectivity index (χ3n) is 3.31. The summed E-state index contributed by atoms with van der Waals surface area (Å²) in [6.07, 6.45) is -1.00. The molecule has 0 saturated carbocycles. The summed E-state index contributed by atoms with van der Waals surface area (Å²) in [7, 11) is 0. The van der Waals surface area contributed by atoms with E-state index in [4.69, 9.17) is 11.6 Å². The minimum absolute atomic E-state index is 0.00139. The Kier molecular flexibility index (Phi) is 4.80. The molecule has 0 radical (unpaired) electrons. The predicted octanol–water partition coefficient (Wildman–Crippen LogP) is 4.64. The van der Waals surface area contributed by atoms with Gasteiger partial charge in [-0.25, -0.2) is 0 Å². The van der Waals surface area contributed by atoms with Crippen LogP contribution >= 0.6 is 11.6 Å². The second-order valence-electron chi connectivity index (χ2n) is 4.81. The van der Waals surface area contributed by atoms with Gasteiger partial charge in [0, 0.05) is 10.6 Å². The van der Waals surface area contributed by atoms with Crippen LogP contribution in [0.4, 0.5) is 8.78 Å². The summed E-state index contributed by atoms with van der Waals surface area (Å²) < 4.78 is 28.8. The first-order valence-electron chi connectivity index (χ1n) is 6.38. The average molecular weight is 313 g/mol. The fraction of sp³-hybridized carbons (Fsp3) is 0.250. The quantitative estimate of drug-likeness (QED) is 0.891. The van der Waals surface area contributed by atoms with E-state index >= 15 is 0 Å². The molecule has 1 unspecified atom stereocenters. The van der Waals surface area contributed by atoms with E-state index in [-0.39, 0.29) is 5.75 Å². The van der Waals surface area contributed by atoms with Crippen molar-refractivity contribution in [2.75, 3.05) is 0 Å². The van der Waals surface area contributed by atoms with Crippen LogP contribution in [0.3, 0.4) is 0 Å². The Bertz CT molecular complexity index is 644. The molecule has 2 aromatic rings. The van der Waals surface area contributed by atoms with Gasteiger partial charge in [0.25, 0.3) is 0 Å². The van der Waals surface area contributed by atoms with Gasteiger partial charge in [0.05, 0.1) is 0 Å². The number of hydrogen-bond acceptors (Lipinski definition) is 2. The molecular weight excluding hydrogens is 298 g/mol. The fourth-order valence-electron chi connectivity index (χ4n) is 2.05. The van der Waals surface area contributed by atoms with Gasteiger partial charge in [-0.2, -0.15) is 8.78 Å². The number of hydrogen-bond donors (Lipinski definition) is 1. The third kappa shape index (κ3) is 3.71. The molecule has 0 fully saturated rings. The van der Waals surface area contributed by atoms with Gasteiger partial charge in [0.1, 0.15) is 11.9 Å². The van der Waals surface area contributed by atoms with E-state index in [0.717, 1.165) is 11.1 Å². The number of aliphatic hydroxyl groups is 1. The lowest BCUT2D eigenvalue weighted by Gasteiger charge is -2.16. The molecule has 1 N–H and O–H groups in total. The molecule has 5 heteroatoms. The second-order valence-corrected chi connectivity index (χ2v) is 5.22. The van der Waals surface area contributed by atoms with Gasteiger partial charge in [-0.1, -0.05) is 29.8 Å². The van der Waals surface area contributed by atoms with Gasteiger partial charge in [-0.15, -0.1) is 0 Å². The van der Waals surface area contributed by atoms with Crippen LogP contribution in [0.1, 0.15) is 28.4 Å². The lowest BCUT2D eigenvalue weighted by molar-refractivity contribution is -0.0499. The molecule has 112 valence electrons. The van der Waals surface area contributed by atoms with E-state index in [1.165, 1.54) is 12.1 Å². The van der Waals surface area contributed by atoms with Crippen LogP contribution in [0.15, 0.2) is 36.4 Å². The van der Waals surface area contributed by atoms with Gasteiger partial charge in [-0.05, 0) is 48.7 Å². The van der Waals surface area contributed by atoms with Crippen molar-refractivity contribution in [2.24, 2.45) is 0 Å². The Morgan fingerprint density at radius 3 is 2.43 bits per heavy atom. The molecule has 2 aromatic carbocycles. The standard InChI is InChI=1S/C16H15ClF2O2/c1-9-6-13(14(17)7-10(9)2)15(20)11-4-3-5-12(8-11)21-16(18)19/h3-8,15-16,20H,1-2H3. The van der Waals surface area contributed by atoms with Crippen molar-refractivity contribution in [2.45, 2.75) is 26.6 Å². The minimum atomic E-state index is -2.90. The number of benzene rings is 2. The van der Waals surface area contributed by atoms with Crippen LogP contribution in [-0.2, 0) is 0 Å². The summed E-state index contributed by atoms with van der Waals surface area (Å²) in [5.41, 5.74) is 2.99. The fourth-order valence-corrected chi connectivity index (χ4v) is 2.37. The monoisotopic (exact) mass is 312 g/mol. The van der Waals surface area contributed by atoms with E-state index in [1.54, 1.807) is 24.3 Å². The zero-order valence-electron chi connectivity index (χ0n) is 11.6. The molecule has 1 atom stereocenters. The highest BCUT2D eigenvalue weighted by molar-refractivity contribution is 6.31. The van der Waals surface area contributed by atoms with Gasteiger partial charge in [0.2, 0.25) is 0 Å². The molecule has 2 nitrogen and oxygen atoms in total. The molecule has 0 heterocycles. The highest BCUT2D eigenvalue weighted by Gasteiger charge is 2.16. The van der Waals surface area contributed by atoms with Crippen molar-refractivity contribution in [1.29, 1.82) is 0 Å². The summed E-state index contributed by atoms with van der Waals surface area (Å²) in [5, 5.41) is 10.9. The van der Waals surface area contributed by atoms with Crippen LogP contribution < -0.4 is 4.74 Å². The van der Waals surface area contributed by atoms with E-state index in [1.807, 2.05) is 13.8 Å². The Labute approximate surface area is 126 Å². The highest BCUT2D eigenvalue weighted by Crippen LogP contribution is 2.32. The van der Waals surface area contributed by atoms with Gasteiger partial charge in [0.15, 0.2) is 0 Å². The molecule has 2 rings (SSSR count). The van der Waals surface area contributed by atoms with Gasteiger partial charge >= 0.3 is 6.61 Å². The Hall–Kier alpha value is -1.65. The first-order valence-corrected chi connectivity index (χ1v) is 6.75. The number of halogens is 3. The molecule has 0 spiro atoms. The molecule has 21 heavy (non-hydrogen) atoms. The van der Waals surface area contributed by atoms with Crippen molar-refractivity contribution in [3.8, 4) is 5.75 Å². The zero-order chi connectivity index (χ0) is 15.6. The van der Waals surface area contributed by atoms with Crippen LogP contribution in [0.2, 0.25) is 5.02 Å². The van der Waals surface area contributed by atoms with Crippen LogP contribution in [0.25, 0.3) is 0 Å². The third-order valence-corrected chi connectivity index (χ3v) is 3.63. The summed E-state index contributed by atoms with van der Waals surface area (Å²) >= 11 is 6.16. The summed E-state index contributed by atoms with van der Waals surface area (Å²) in [4.78, 5) is 0. The summed E-state index contributed by atoms with van der Waals surface area (Å²) in [6, 6.07) is 9.53. The number of ether oxygens (including phenoxy) is 1. The number of aryl methyl sites for hydroxylation is 2. The van der Waals surface area contributed by atoms with E-state index in [2.05, 4.69) is 4.74 Å². The maximum absolute atomic E-state index is 12.2. The number of rotatable bonds is 4. The summed E-state index contributed by atoms with van der Waals surface area (Å²) in [5.74, 6) is 0.00139. The highest BCUT2D eigenvalue weighted by atomic mass is 35.5. The summed E-state index contributed by atoms with van der Waals surface area (Å²) in [6.45, 7) is 0.940. The number of alkyl halides is 2. The lowest BCUT2D eigenvalue weighted by Crippen LogP contribution is -2.05. The largest absolute Gasteiger partial charge is 0.435 e. The maximum atomic E-state index is 12.2. The lowest BCUT2D eigenvalue weighted by atomic mass is 9.97. The first-order chi connectivity index (χ1) is 9.88. The average Bonchev–Trinajstić information content (AvgIpc) is 2.41. The van der Waals surface area contributed by atoms with Crippen molar-refractivity contribution < 1.29 is 18.6 Å². The van der Waals surface area contributed by atoms with Gasteiger partial charge in [-0.3, -0.25) is 0 Å². The van der Waals surface area contributed by atoms with E-state index < -0.39 is 12.7 Å². The van der Waals surface area contributed by atoms with Crippen molar-refractivity contribution in [3.63, 3.8) is 0 Å². The topological polar surface area (TPSA) is 29.5 Å². The number of aliphatic hydroxyl groups excluding tert-OH is 1. The van der Waals surface area contributed by atoms with Crippen molar-refractivity contribution in [1.82, 2.24) is 0 Å². The normalized spacial score (nSPS) is 12.5. The smallest absolute Gasteiger partial charge is 0.387 e. The molecule has 0 amide bonds. The van der Waals surface area contributed by atoms with Crippen molar-refractivity contribution in [3.05, 3.63) is 63.7 Å². The predicted molar refractivity (Wildman–Crippen MR) is 78.1 cm³/mol. The molecule has 0 bridgehead atoms. The van der Waals surface area contributed by atoms with E-state index in [9.17, 15) is 13.9 Å². The molecule has 0 aromatic heterocycles. The molecule has 0 saturated heterocycles. The SMILES string of the molecule is Cc1cc(Cl)c(C(O)c2cccc(OC(F)F)c2)cc1C. The van der Waals surface area contributed by atoms with Crippen LogP contribution in [0, 0.1) is 13.8 Å². The first kappa shape index (κ1) is 15.7. The molecular formula is C16H15ClF2O2. The molecule has 0 aliphatic rings. The van der Waals surface area contributed by atoms with Crippen molar-refractivity contribution >= 4 is 11.6 Å². The Morgan fingerprint density at radius 1 is 1.10 bits per heavy atom. The van der Waals surface area contributed by atoms with Crippen LogP contribution in [-0.4, -0.2) is 11.7 Å². The second kappa shape index (κ2) is 6.41. The Morgan fingerprint density at radius 2 is 1.76 bits per heavy atom. The van der Waals surface area contributed by atoms with Gasteiger partial charge < -0.3 is 9.84 Å². The molecule has 0 aliphatic heterocycles. The van der Waals surface area contributed by atoms with E-state index in [0.29, 0.717) is 16.1 Å². The minimum Gasteiger partial charge on any atom is -0.435 e.